The average molecular weight is 355 g/mol. The molecule has 5 heteroatoms. The van der Waals surface area contributed by atoms with E-state index in [4.69, 9.17) is 5.26 Å². The van der Waals surface area contributed by atoms with E-state index in [1.54, 1.807) is 18.0 Å². The van der Waals surface area contributed by atoms with Gasteiger partial charge in [-0.05, 0) is 69.4 Å². The van der Waals surface area contributed by atoms with Crippen molar-refractivity contribution >= 4 is 17.1 Å². The van der Waals surface area contributed by atoms with Crippen LogP contribution in [0.15, 0.2) is 6.07 Å². The second-order valence-corrected chi connectivity index (χ2v) is 7.11. The molecule has 0 spiro atoms. The van der Waals surface area contributed by atoms with Crippen molar-refractivity contribution in [2.24, 2.45) is 0 Å². The lowest BCUT2D eigenvalue weighted by molar-refractivity contribution is 0.577. The molecule has 0 unspecified atom stereocenters. The van der Waals surface area contributed by atoms with Crippen LogP contribution in [0.1, 0.15) is 40.3 Å². The second-order valence-electron chi connectivity index (χ2n) is 7.11. The fourth-order valence-electron chi connectivity index (χ4n) is 3.93. The van der Waals surface area contributed by atoms with Crippen molar-refractivity contribution in [3.63, 3.8) is 0 Å². The third-order valence-corrected chi connectivity index (χ3v) is 6.03. The Labute approximate surface area is 153 Å². The average Bonchev–Trinajstić information content (AvgIpc) is 2.84. The quantitative estimate of drug-likeness (QED) is 0.694. The third kappa shape index (κ3) is 2.21. The molecule has 0 radical (unpaired) electrons. The van der Waals surface area contributed by atoms with Crippen LogP contribution in [0.3, 0.4) is 0 Å². The van der Waals surface area contributed by atoms with Crippen LogP contribution in [0.5, 0.6) is 0 Å². The fourth-order valence-corrected chi connectivity index (χ4v) is 3.93. The maximum atomic E-state index is 14.8. The number of halogens is 2. The number of anilines is 3. The maximum absolute atomic E-state index is 14.8. The van der Waals surface area contributed by atoms with E-state index >= 15 is 0 Å². The molecule has 0 fully saturated rings. The van der Waals surface area contributed by atoms with E-state index in [1.165, 1.54) is 22.8 Å². The summed E-state index contributed by atoms with van der Waals surface area (Å²) in [7, 11) is 1.77. The molecule has 2 aromatic rings. The lowest BCUT2D eigenvalue weighted by atomic mass is 9.92. The van der Waals surface area contributed by atoms with Gasteiger partial charge in [-0.1, -0.05) is 0 Å². The van der Waals surface area contributed by atoms with Gasteiger partial charge < -0.3 is 9.80 Å². The van der Waals surface area contributed by atoms with E-state index in [0.717, 1.165) is 16.8 Å². The summed E-state index contributed by atoms with van der Waals surface area (Å²) in [6, 6.07) is 2.91. The fraction of sp³-hybridized carbons (Fsp3) is 0.381. The van der Waals surface area contributed by atoms with Crippen molar-refractivity contribution in [3.8, 4) is 6.07 Å². The van der Waals surface area contributed by atoms with Gasteiger partial charge in [0.25, 0.3) is 0 Å². The van der Waals surface area contributed by atoms with Crippen molar-refractivity contribution in [3.05, 3.63) is 51.1 Å². The van der Waals surface area contributed by atoms with Crippen LogP contribution in [0, 0.1) is 57.6 Å². The predicted octanol–water partition coefficient (Wildman–Crippen LogP) is 5.31. The summed E-state index contributed by atoms with van der Waals surface area (Å²) < 4.78 is 29.2. The van der Waals surface area contributed by atoms with Crippen LogP contribution in [0.4, 0.5) is 25.8 Å². The van der Waals surface area contributed by atoms with E-state index in [0.29, 0.717) is 5.69 Å². The monoisotopic (exact) mass is 355 g/mol. The topological polar surface area (TPSA) is 30.3 Å². The number of rotatable bonds is 1. The van der Waals surface area contributed by atoms with Gasteiger partial charge in [0.1, 0.15) is 29.3 Å². The highest BCUT2D eigenvalue weighted by molar-refractivity contribution is 5.87. The molecule has 2 aromatic carbocycles. The van der Waals surface area contributed by atoms with Crippen LogP contribution in [-0.2, 0) is 0 Å². The van der Waals surface area contributed by atoms with Gasteiger partial charge in [-0.25, -0.2) is 8.78 Å². The Hall–Kier alpha value is -2.61. The van der Waals surface area contributed by atoms with Crippen molar-refractivity contribution in [1.82, 2.24) is 0 Å². The van der Waals surface area contributed by atoms with Gasteiger partial charge in [-0.15, -0.1) is 0 Å². The minimum atomic E-state index is -0.827. The molecule has 0 saturated heterocycles. The molecule has 0 aliphatic carbocycles. The predicted molar refractivity (Wildman–Crippen MR) is 101 cm³/mol. The van der Waals surface area contributed by atoms with Gasteiger partial charge in [0.15, 0.2) is 5.82 Å². The molecule has 1 aliphatic rings. The van der Waals surface area contributed by atoms with Crippen molar-refractivity contribution in [1.29, 1.82) is 5.26 Å². The zero-order chi connectivity index (χ0) is 19.5. The Kier molecular flexibility index (Phi) is 4.18. The largest absolute Gasteiger partial charge is 0.350 e. The zero-order valence-electron chi connectivity index (χ0n) is 16.3. The van der Waals surface area contributed by atoms with Crippen LogP contribution < -0.4 is 9.80 Å². The first-order valence-corrected chi connectivity index (χ1v) is 8.64. The Morgan fingerprint density at radius 2 is 1.42 bits per heavy atom. The van der Waals surface area contributed by atoms with E-state index < -0.39 is 17.2 Å². The Bertz CT molecular complexity index is 944. The molecular formula is C21H23F2N3. The van der Waals surface area contributed by atoms with Gasteiger partial charge in [0, 0.05) is 18.8 Å². The SMILES string of the molecule is Cc1c(C)c(C)c(N2c3cc(F)c(C#N)c(F)c3N(C)[C@@H]2C)c(C)c1C. The summed E-state index contributed by atoms with van der Waals surface area (Å²) in [5, 5.41) is 9.10. The number of benzene rings is 2. The Balaban J connectivity index is 2.37. The first kappa shape index (κ1) is 18.2. The first-order chi connectivity index (χ1) is 12.1. The summed E-state index contributed by atoms with van der Waals surface area (Å²) in [4.78, 5) is 3.74. The Morgan fingerprint density at radius 3 is 1.92 bits per heavy atom. The molecule has 0 amide bonds. The Morgan fingerprint density at radius 1 is 0.923 bits per heavy atom. The number of fused-ring (bicyclic) bond motifs is 1. The zero-order valence-corrected chi connectivity index (χ0v) is 16.3. The molecule has 1 atom stereocenters. The lowest BCUT2D eigenvalue weighted by Gasteiger charge is -2.32. The number of hydrogen-bond acceptors (Lipinski definition) is 3. The highest BCUT2D eigenvalue weighted by Crippen LogP contribution is 2.49. The number of nitrogens with zero attached hydrogens (tertiary/aromatic N) is 3. The molecular weight excluding hydrogens is 332 g/mol. The minimum absolute atomic E-state index is 0.202. The summed E-state index contributed by atoms with van der Waals surface area (Å²) in [6.07, 6.45) is -0.202. The van der Waals surface area contributed by atoms with Gasteiger partial charge in [-0.3, -0.25) is 0 Å². The van der Waals surface area contributed by atoms with Crippen molar-refractivity contribution < 1.29 is 8.78 Å². The van der Waals surface area contributed by atoms with Gasteiger partial charge in [0.05, 0.1) is 5.69 Å². The molecule has 136 valence electrons. The summed E-state index contributed by atoms with van der Waals surface area (Å²) in [5.74, 6) is -1.62. The van der Waals surface area contributed by atoms with Crippen LogP contribution in [0.2, 0.25) is 0 Å². The third-order valence-electron chi connectivity index (χ3n) is 6.03. The van der Waals surface area contributed by atoms with Crippen LogP contribution >= 0.6 is 0 Å². The molecule has 0 aromatic heterocycles. The van der Waals surface area contributed by atoms with Gasteiger partial charge >= 0.3 is 0 Å². The number of nitriles is 1. The normalized spacial score (nSPS) is 16.1. The molecule has 3 nitrogen and oxygen atoms in total. The molecule has 1 aliphatic heterocycles. The van der Waals surface area contributed by atoms with E-state index in [9.17, 15) is 8.78 Å². The summed E-state index contributed by atoms with van der Waals surface area (Å²) in [5.41, 5.74) is 6.98. The van der Waals surface area contributed by atoms with Gasteiger partial charge in [0.2, 0.25) is 0 Å². The molecule has 1 heterocycles. The summed E-state index contributed by atoms with van der Waals surface area (Å²) in [6.45, 7) is 12.3. The van der Waals surface area contributed by atoms with Gasteiger partial charge in [-0.2, -0.15) is 5.26 Å². The van der Waals surface area contributed by atoms with Crippen LogP contribution in [0.25, 0.3) is 0 Å². The highest BCUT2D eigenvalue weighted by atomic mass is 19.1. The standard InChI is InChI=1S/C21H23F2N3/c1-10-11(2)13(4)20(14(5)12(10)3)26-15(6)25(7)21-18(26)8-17(22)16(9-24)19(21)23/h8,15H,1-7H3/t15-/m0/s1. The van der Waals surface area contributed by atoms with E-state index in [-0.39, 0.29) is 11.9 Å². The van der Waals surface area contributed by atoms with Crippen LogP contribution in [-0.4, -0.2) is 13.2 Å². The molecule has 3 rings (SSSR count). The lowest BCUT2D eigenvalue weighted by Crippen LogP contribution is -2.36. The molecule has 0 saturated carbocycles. The molecule has 0 bridgehead atoms. The molecule has 0 N–H and O–H groups in total. The first-order valence-electron chi connectivity index (χ1n) is 8.64. The summed E-state index contributed by atoms with van der Waals surface area (Å²) >= 11 is 0. The van der Waals surface area contributed by atoms with E-state index in [2.05, 4.69) is 20.8 Å². The smallest absolute Gasteiger partial charge is 0.169 e. The van der Waals surface area contributed by atoms with Crippen molar-refractivity contribution in [2.45, 2.75) is 47.7 Å². The van der Waals surface area contributed by atoms with E-state index in [1.807, 2.05) is 25.7 Å². The minimum Gasteiger partial charge on any atom is -0.350 e. The van der Waals surface area contributed by atoms with Crippen molar-refractivity contribution in [2.75, 3.05) is 16.8 Å². The number of hydrogen-bond donors (Lipinski definition) is 0. The second kappa shape index (κ2) is 5.98. The maximum Gasteiger partial charge on any atom is 0.169 e. The highest BCUT2D eigenvalue weighted by Gasteiger charge is 2.38. The molecule has 26 heavy (non-hydrogen) atoms.